The Morgan fingerprint density at radius 1 is 1.00 bits per heavy atom. The van der Waals surface area contributed by atoms with Gasteiger partial charge in [0, 0.05) is 11.8 Å². The van der Waals surface area contributed by atoms with Gasteiger partial charge in [0.2, 0.25) is 5.91 Å². The molecule has 0 saturated heterocycles. The van der Waals surface area contributed by atoms with Crippen LogP contribution in [0.3, 0.4) is 0 Å². The van der Waals surface area contributed by atoms with Gasteiger partial charge in [-0.1, -0.05) is 12.1 Å². The molecule has 2 aromatic rings. The van der Waals surface area contributed by atoms with Gasteiger partial charge in [0.15, 0.2) is 11.6 Å². The second-order valence-electron chi connectivity index (χ2n) is 3.98. The van der Waals surface area contributed by atoms with Crippen LogP contribution in [-0.4, -0.2) is 5.91 Å². The summed E-state index contributed by atoms with van der Waals surface area (Å²) in [6.45, 7) is 0. The van der Waals surface area contributed by atoms with Crippen LogP contribution in [0, 0.1) is 17.5 Å². The maximum absolute atomic E-state index is 12.9. The molecule has 0 unspecified atom stereocenters. The summed E-state index contributed by atoms with van der Waals surface area (Å²) in [6, 6.07) is 8.68. The molecule has 5 heteroatoms. The maximum Gasteiger partial charge on any atom is 0.228 e. The normalized spacial score (nSPS) is 10.3. The summed E-state index contributed by atoms with van der Waals surface area (Å²) in [5, 5.41) is 2.41. The predicted octanol–water partition coefficient (Wildman–Crippen LogP) is 3.29. The third kappa shape index (κ3) is 3.58. The molecular formula is C14H10F3NO. The number of amides is 1. The summed E-state index contributed by atoms with van der Waals surface area (Å²) in [6.07, 6.45) is -0.0449. The van der Waals surface area contributed by atoms with E-state index in [-0.39, 0.29) is 12.1 Å². The first-order chi connectivity index (χ1) is 9.04. The Bertz CT molecular complexity index is 613. The molecular weight excluding hydrogens is 255 g/mol. The quantitative estimate of drug-likeness (QED) is 0.906. The molecule has 0 fully saturated rings. The molecule has 98 valence electrons. The fourth-order valence-corrected chi connectivity index (χ4v) is 1.61. The van der Waals surface area contributed by atoms with Crippen LogP contribution in [0.4, 0.5) is 18.9 Å². The van der Waals surface area contributed by atoms with Crippen molar-refractivity contribution < 1.29 is 18.0 Å². The summed E-state index contributed by atoms with van der Waals surface area (Å²) in [4.78, 5) is 11.6. The maximum atomic E-state index is 12.9. The van der Waals surface area contributed by atoms with E-state index in [1.807, 2.05) is 0 Å². The Morgan fingerprint density at radius 3 is 2.47 bits per heavy atom. The van der Waals surface area contributed by atoms with Crippen LogP contribution < -0.4 is 5.32 Å². The highest BCUT2D eigenvalue weighted by Gasteiger charge is 2.07. The number of carbonyl (C=O) groups excluding carboxylic acids is 1. The molecule has 2 rings (SSSR count). The van der Waals surface area contributed by atoms with Gasteiger partial charge < -0.3 is 5.32 Å². The second-order valence-corrected chi connectivity index (χ2v) is 3.98. The largest absolute Gasteiger partial charge is 0.326 e. The van der Waals surface area contributed by atoms with E-state index in [1.54, 1.807) is 6.07 Å². The minimum atomic E-state index is -1.04. The molecule has 19 heavy (non-hydrogen) atoms. The van der Waals surface area contributed by atoms with Gasteiger partial charge in [0.1, 0.15) is 5.82 Å². The lowest BCUT2D eigenvalue weighted by Crippen LogP contribution is -2.14. The van der Waals surface area contributed by atoms with Crippen molar-refractivity contribution in [1.82, 2.24) is 0 Å². The zero-order chi connectivity index (χ0) is 13.8. The minimum absolute atomic E-state index is 0.0449. The molecule has 0 aliphatic heterocycles. The topological polar surface area (TPSA) is 29.1 Å². The number of carbonyl (C=O) groups is 1. The Kier molecular flexibility index (Phi) is 3.85. The number of halogens is 3. The highest BCUT2D eigenvalue weighted by atomic mass is 19.2. The lowest BCUT2D eigenvalue weighted by atomic mass is 10.1. The molecule has 2 aromatic carbocycles. The molecule has 0 bridgehead atoms. The van der Waals surface area contributed by atoms with Gasteiger partial charge in [0.25, 0.3) is 0 Å². The van der Waals surface area contributed by atoms with Crippen LogP contribution in [-0.2, 0) is 11.2 Å². The molecule has 0 spiro atoms. The molecule has 0 aliphatic carbocycles. The molecule has 0 atom stereocenters. The first-order valence-corrected chi connectivity index (χ1v) is 5.54. The summed E-state index contributed by atoms with van der Waals surface area (Å²) in [7, 11) is 0. The van der Waals surface area contributed by atoms with Crippen LogP contribution in [0.2, 0.25) is 0 Å². The van der Waals surface area contributed by atoms with E-state index in [1.165, 1.54) is 24.3 Å². The second kappa shape index (κ2) is 5.56. The fraction of sp³-hybridized carbons (Fsp3) is 0.0714. The average Bonchev–Trinajstić information content (AvgIpc) is 2.34. The third-order valence-electron chi connectivity index (χ3n) is 2.46. The highest BCUT2D eigenvalue weighted by Crippen LogP contribution is 2.13. The first-order valence-electron chi connectivity index (χ1n) is 5.54. The van der Waals surface area contributed by atoms with Crippen molar-refractivity contribution in [1.29, 1.82) is 0 Å². The van der Waals surface area contributed by atoms with Crippen LogP contribution in [0.25, 0.3) is 0 Å². The number of benzene rings is 2. The molecule has 0 saturated carbocycles. The third-order valence-corrected chi connectivity index (χ3v) is 2.46. The Labute approximate surface area is 107 Å². The van der Waals surface area contributed by atoms with Crippen molar-refractivity contribution in [3.05, 3.63) is 65.5 Å². The van der Waals surface area contributed by atoms with Crippen molar-refractivity contribution in [2.45, 2.75) is 6.42 Å². The van der Waals surface area contributed by atoms with Gasteiger partial charge in [0.05, 0.1) is 6.42 Å². The summed E-state index contributed by atoms with van der Waals surface area (Å²) in [5.74, 6) is -2.89. The summed E-state index contributed by atoms with van der Waals surface area (Å²) < 4.78 is 38.6. The van der Waals surface area contributed by atoms with Crippen molar-refractivity contribution in [2.24, 2.45) is 0 Å². The number of hydrogen-bond acceptors (Lipinski definition) is 1. The standard InChI is InChI=1S/C14H10F3NO/c15-10-3-1-2-9(6-10)7-14(19)18-11-4-5-12(16)13(17)8-11/h1-6,8H,7H2,(H,18,19). The van der Waals surface area contributed by atoms with Crippen LogP contribution in [0.1, 0.15) is 5.56 Å². The first kappa shape index (κ1) is 13.1. The van der Waals surface area contributed by atoms with Gasteiger partial charge >= 0.3 is 0 Å². The monoisotopic (exact) mass is 265 g/mol. The minimum Gasteiger partial charge on any atom is -0.326 e. The Balaban J connectivity index is 2.03. The van der Waals surface area contributed by atoms with Crippen LogP contribution >= 0.6 is 0 Å². The zero-order valence-corrected chi connectivity index (χ0v) is 9.79. The van der Waals surface area contributed by atoms with Gasteiger partial charge in [-0.3, -0.25) is 4.79 Å². The van der Waals surface area contributed by atoms with Gasteiger partial charge in [-0.2, -0.15) is 0 Å². The van der Waals surface area contributed by atoms with E-state index < -0.39 is 23.4 Å². The van der Waals surface area contributed by atoms with Gasteiger partial charge in [-0.15, -0.1) is 0 Å². The van der Waals surface area contributed by atoms with E-state index in [0.717, 1.165) is 12.1 Å². The van der Waals surface area contributed by atoms with E-state index in [4.69, 9.17) is 0 Å². The Hall–Kier alpha value is -2.30. The molecule has 1 N–H and O–H groups in total. The number of rotatable bonds is 3. The van der Waals surface area contributed by atoms with Crippen molar-refractivity contribution >= 4 is 11.6 Å². The van der Waals surface area contributed by atoms with Gasteiger partial charge in [-0.05, 0) is 29.8 Å². The van der Waals surface area contributed by atoms with Crippen molar-refractivity contribution in [2.75, 3.05) is 5.32 Å². The molecule has 0 radical (unpaired) electrons. The number of anilines is 1. The van der Waals surface area contributed by atoms with Crippen molar-refractivity contribution in [3.63, 3.8) is 0 Å². The molecule has 0 heterocycles. The van der Waals surface area contributed by atoms with E-state index in [0.29, 0.717) is 5.56 Å². The average molecular weight is 265 g/mol. The molecule has 2 nitrogen and oxygen atoms in total. The fourth-order valence-electron chi connectivity index (χ4n) is 1.61. The number of nitrogens with one attached hydrogen (secondary N) is 1. The molecule has 0 aromatic heterocycles. The SMILES string of the molecule is O=C(Cc1cccc(F)c1)Nc1ccc(F)c(F)c1. The summed E-state index contributed by atoms with van der Waals surface area (Å²) >= 11 is 0. The molecule has 0 aliphatic rings. The van der Waals surface area contributed by atoms with E-state index in [2.05, 4.69) is 5.32 Å². The predicted molar refractivity (Wildman–Crippen MR) is 65.1 cm³/mol. The van der Waals surface area contributed by atoms with E-state index in [9.17, 15) is 18.0 Å². The van der Waals surface area contributed by atoms with Crippen LogP contribution in [0.5, 0.6) is 0 Å². The summed E-state index contributed by atoms with van der Waals surface area (Å²) in [5.41, 5.74) is 0.653. The van der Waals surface area contributed by atoms with E-state index >= 15 is 0 Å². The van der Waals surface area contributed by atoms with Gasteiger partial charge in [-0.25, -0.2) is 13.2 Å². The van der Waals surface area contributed by atoms with Crippen LogP contribution in [0.15, 0.2) is 42.5 Å². The Morgan fingerprint density at radius 2 is 1.79 bits per heavy atom. The zero-order valence-electron chi connectivity index (χ0n) is 9.79. The number of hydrogen-bond donors (Lipinski definition) is 1. The smallest absolute Gasteiger partial charge is 0.228 e. The lowest BCUT2D eigenvalue weighted by molar-refractivity contribution is -0.115. The van der Waals surface area contributed by atoms with Crippen molar-refractivity contribution in [3.8, 4) is 0 Å². The lowest BCUT2D eigenvalue weighted by Gasteiger charge is -2.06. The molecule has 1 amide bonds. The highest BCUT2D eigenvalue weighted by molar-refractivity contribution is 5.92.